The molecule has 0 saturated carbocycles. The Bertz CT molecular complexity index is 935. The molecule has 9 heteroatoms. The molecule has 3 rings (SSSR count). The van der Waals surface area contributed by atoms with Gasteiger partial charge in [0.1, 0.15) is 11.8 Å². The fourth-order valence-corrected chi connectivity index (χ4v) is 2.73. The number of benzene rings is 1. The minimum absolute atomic E-state index is 0.131. The highest BCUT2D eigenvalue weighted by atomic mass is 79.9. The van der Waals surface area contributed by atoms with E-state index in [1.165, 1.54) is 6.33 Å². The lowest BCUT2D eigenvalue weighted by atomic mass is 10.2. The Labute approximate surface area is 151 Å². The van der Waals surface area contributed by atoms with Crippen molar-refractivity contribution in [3.8, 4) is 11.6 Å². The summed E-state index contributed by atoms with van der Waals surface area (Å²) in [5, 5.41) is 15.3. The molecule has 0 radical (unpaired) electrons. The minimum Gasteiger partial charge on any atom is -0.431 e. The van der Waals surface area contributed by atoms with E-state index in [9.17, 15) is 10.1 Å². The molecular weight excluding hydrogens is 390 g/mol. The van der Waals surface area contributed by atoms with Crippen molar-refractivity contribution < 1.29 is 9.66 Å². The molecule has 8 nitrogen and oxygen atoms in total. The number of nitrogens with zero attached hydrogens (tertiary/aromatic N) is 4. The number of fused-ring (bicyclic) bond motifs is 1. The van der Waals surface area contributed by atoms with Crippen LogP contribution in [0, 0.1) is 10.1 Å². The van der Waals surface area contributed by atoms with Crippen molar-refractivity contribution in [2.75, 3.05) is 11.9 Å². The maximum Gasteiger partial charge on any atom is 0.373 e. The van der Waals surface area contributed by atoms with Crippen molar-refractivity contribution in [1.29, 1.82) is 0 Å². The van der Waals surface area contributed by atoms with Crippen LogP contribution >= 0.6 is 15.9 Å². The van der Waals surface area contributed by atoms with Crippen LogP contribution in [0.25, 0.3) is 10.9 Å². The molecule has 0 spiro atoms. The van der Waals surface area contributed by atoms with Crippen molar-refractivity contribution in [3.05, 3.63) is 51.4 Å². The summed E-state index contributed by atoms with van der Waals surface area (Å²) in [5.41, 5.74) is 0.274. The topological polar surface area (TPSA) is 103 Å². The third-order valence-corrected chi connectivity index (χ3v) is 4.09. The molecule has 1 N–H and O–H groups in total. The summed E-state index contributed by atoms with van der Waals surface area (Å²) < 4.78 is 6.60. The zero-order valence-electron chi connectivity index (χ0n) is 13.3. The molecule has 0 bridgehead atoms. The summed E-state index contributed by atoms with van der Waals surface area (Å²) in [4.78, 5) is 23.1. The lowest BCUT2D eigenvalue weighted by Gasteiger charge is -2.10. The Morgan fingerprint density at radius 3 is 2.88 bits per heavy atom. The summed E-state index contributed by atoms with van der Waals surface area (Å²) in [7, 11) is 0. The van der Waals surface area contributed by atoms with Gasteiger partial charge >= 0.3 is 11.6 Å². The smallest absolute Gasteiger partial charge is 0.373 e. The van der Waals surface area contributed by atoms with Gasteiger partial charge in [-0.25, -0.2) is 4.98 Å². The van der Waals surface area contributed by atoms with Gasteiger partial charge in [0, 0.05) is 22.6 Å². The highest BCUT2D eigenvalue weighted by Crippen LogP contribution is 2.37. The third kappa shape index (κ3) is 3.50. The maximum absolute atomic E-state index is 11.5. The van der Waals surface area contributed by atoms with Crippen LogP contribution in [0.4, 0.5) is 11.5 Å². The van der Waals surface area contributed by atoms with Gasteiger partial charge in [-0.1, -0.05) is 28.9 Å². The van der Waals surface area contributed by atoms with Gasteiger partial charge < -0.3 is 10.1 Å². The van der Waals surface area contributed by atoms with E-state index in [1.807, 2.05) is 13.0 Å². The van der Waals surface area contributed by atoms with Gasteiger partial charge in [-0.3, -0.25) is 15.1 Å². The van der Waals surface area contributed by atoms with Crippen molar-refractivity contribution in [1.82, 2.24) is 15.0 Å². The molecule has 2 aromatic heterocycles. The van der Waals surface area contributed by atoms with Gasteiger partial charge in [0.05, 0.1) is 4.92 Å². The normalized spacial score (nSPS) is 10.6. The van der Waals surface area contributed by atoms with Gasteiger partial charge in [0.25, 0.3) is 0 Å². The van der Waals surface area contributed by atoms with E-state index in [2.05, 4.69) is 36.2 Å². The number of anilines is 1. The van der Waals surface area contributed by atoms with Gasteiger partial charge in [0.2, 0.25) is 5.82 Å². The number of nitro groups is 1. The number of hydrogen-bond donors (Lipinski definition) is 1. The summed E-state index contributed by atoms with van der Waals surface area (Å²) in [6, 6.07) is 7.16. The predicted octanol–water partition coefficient (Wildman–Crippen LogP) is 4.31. The van der Waals surface area contributed by atoms with E-state index >= 15 is 0 Å². The predicted molar refractivity (Wildman–Crippen MR) is 97.0 cm³/mol. The van der Waals surface area contributed by atoms with Crippen molar-refractivity contribution >= 4 is 38.3 Å². The van der Waals surface area contributed by atoms with E-state index in [1.54, 1.807) is 24.4 Å². The van der Waals surface area contributed by atoms with E-state index in [0.717, 1.165) is 16.3 Å². The monoisotopic (exact) mass is 403 g/mol. The first-order valence-electron chi connectivity index (χ1n) is 7.56. The van der Waals surface area contributed by atoms with Gasteiger partial charge in [-0.05, 0) is 24.6 Å². The number of hydrogen-bond acceptors (Lipinski definition) is 7. The summed E-state index contributed by atoms with van der Waals surface area (Å²) in [5.74, 6) is 0.376. The first-order chi connectivity index (χ1) is 12.1. The first kappa shape index (κ1) is 17.0. The molecule has 128 valence electrons. The average Bonchev–Trinajstić information content (AvgIpc) is 2.62. The summed E-state index contributed by atoms with van der Waals surface area (Å²) in [6.07, 6.45) is 3.66. The quantitative estimate of drug-likeness (QED) is 0.482. The molecule has 0 atom stereocenters. The molecule has 0 aliphatic heterocycles. The Kier molecular flexibility index (Phi) is 5.03. The van der Waals surface area contributed by atoms with Gasteiger partial charge in [0.15, 0.2) is 5.75 Å². The van der Waals surface area contributed by atoms with E-state index in [4.69, 9.17) is 4.74 Å². The lowest BCUT2D eigenvalue weighted by molar-refractivity contribution is -0.385. The molecule has 2 heterocycles. The first-order valence-corrected chi connectivity index (χ1v) is 8.35. The highest BCUT2D eigenvalue weighted by molar-refractivity contribution is 9.10. The summed E-state index contributed by atoms with van der Waals surface area (Å²) in [6.45, 7) is 2.51. The number of rotatable bonds is 6. The van der Waals surface area contributed by atoms with E-state index < -0.39 is 4.92 Å². The molecular formula is C16H14BrN5O3. The van der Waals surface area contributed by atoms with Gasteiger partial charge in [-0.2, -0.15) is 4.98 Å². The largest absolute Gasteiger partial charge is 0.431 e. The minimum atomic E-state index is -0.554. The Balaban J connectivity index is 2.07. The molecule has 0 saturated heterocycles. The molecule has 1 aromatic carbocycles. The Morgan fingerprint density at radius 1 is 1.28 bits per heavy atom. The van der Waals surface area contributed by atoms with Gasteiger partial charge in [-0.15, -0.1) is 0 Å². The fraction of sp³-hybridized carbons (Fsp3) is 0.188. The molecule has 0 aliphatic rings. The number of ether oxygens (including phenoxy) is 1. The molecule has 0 fully saturated rings. The zero-order chi connectivity index (χ0) is 17.8. The highest BCUT2D eigenvalue weighted by Gasteiger charge is 2.25. The summed E-state index contributed by atoms with van der Waals surface area (Å²) >= 11 is 3.45. The van der Waals surface area contributed by atoms with Crippen LogP contribution in [0.3, 0.4) is 0 Å². The van der Waals surface area contributed by atoms with Crippen LogP contribution in [-0.4, -0.2) is 26.4 Å². The molecule has 0 amide bonds. The second-order valence-electron chi connectivity index (χ2n) is 5.11. The van der Waals surface area contributed by atoms with Crippen LogP contribution in [-0.2, 0) is 0 Å². The van der Waals surface area contributed by atoms with Crippen LogP contribution in [0.5, 0.6) is 11.6 Å². The third-order valence-electron chi connectivity index (χ3n) is 3.40. The van der Waals surface area contributed by atoms with Crippen LogP contribution in [0.15, 0.2) is 41.3 Å². The standard InChI is InChI=1S/C16H14BrN5O3/c1-2-7-19-15-14(22(23)24)16(21-9-20-15)25-12-6-5-11(17)10-4-3-8-18-13(10)12/h3-6,8-9H,2,7H2,1H3,(H,19,20,21). The number of pyridine rings is 1. The molecule has 0 unspecified atom stereocenters. The van der Waals surface area contributed by atoms with Crippen LogP contribution < -0.4 is 10.1 Å². The zero-order valence-corrected chi connectivity index (χ0v) is 14.9. The Hall–Kier alpha value is -2.81. The maximum atomic E-state index is 11.5. The molecule has 0 aliphatic carbocycles. The number of nitrogens with one attached hydrogen (secondary N) is 1. The van der Waals surface area contributed by atoms with E-state index in [-0.39, 0.29) is 17.4 Å². The lowest BCUT2D eigenvalue weighted by Crippen LogP contribution is -2.07. The van der Waals surface area contributed by atoms with E-state index in [0.29, 0.717) is 17.8 Å². The van der Waals surface area contributed by atoms with Crippen molar-refractivity contribution in [3.63, 3.8) is 0 Å². The average molecular weight is 404 g/mol. The van der Waals surface area contributed by atoms with Crippen LogP contribution in [0.2, 0.25) is 0 Å². The molecule has 3 aromatic rings. The SMILES string of the molecule is CCCNc1ncnc(Oc2ccc(Br)c3cccnc23)c1[N+](=O)[O-]. The van der Waals surface area contributed by atoms with Crippen LogP contribution in [0.1, 0.15) is 13.3 Å². The molecule has 25 heavy (non-hydrogen) atoms. The Morgan fingerprint density at radius 2 is 2.12 bits per heavy atom. The second-order valence-corrected chi connectivity index (χ2v) is 5.96. The van der Waals surface area contributed by atoms with Crippen molar-refractivity contribution in [2.45, 2.75) is 13.3 Å². The number of aromatic nitrogens is 3. The second kappa shape index (κ2) is 7.39. The fourth-order valence-electron chi connectivity index (χ4n) is 2.27. The number of halogens is 1. The van der Waals surface area contributed by atoms with Crippen molar-refractivity contribution in [2.24, 2.45) is 0 Å².